The second-order valence-corrected chi connectivity index (χ2v) is 6.99. The summed E-state index contributed by atoms with van der Waals surface area (Å²) in [6.45, 7) is 2.60. The van der Waals surface area contributed by atoms with E-state index in [2.05, 4.69) is 4.90 Å². The largest absolute Gasteiger partial charge is 0.497 e. The van der Waals surface area contributed by atoms with Crippen molar-refractivity contribution in [2.45, 2.75) is 31.3 Å². The Balaban J connectivity index is 1.45. The first-order valence-electron chi connectivity index (χ1n) is 9.28. The van der Waals surface area contributed by atoms with Crippen molar-refractivity contribution >= 4 is 5.78 Å². The van der Waals surface area contributed by atoms with Crippen molar-refractivity contribution < 1.29 is 14.6 Å². The van der Waals surface area contributed by atoms with Crippen LogP contribution in [0.3, 0.4) is 0 Å². The second-order valence-electron chi connectivity index (χ2n) is 6.99. The summed E-state index contributed by atoms with van der Waals surface area (Å²) in [7, 11) is 1.64. The van der Waals surface area contributed by atoms with Gasteiger partial charge in [-0.1, -0.05) is 42.5 Å². The van der Waals surface area contributed by atoms with E-state index in [1.54, 1.807) is 7.11 Å². The maximum atomic E-state index is 12.2. The van der Waals surface area contributed by atoms with Crippen LogP contribution in [0.15, 0.2) is 54.6 Å². The number of rotatable bonds is 7. The van der Waals surface area contributed by atoms with Crippen LogP contribution in [0.4, 0.5) is 0 Å². The number of benzene rings is 2. The van der Waals surface area contributed by atoms with Crippen molar-refractivity contribution in [2.75, 3.05) is 26.7 Å². The molecule has 0 atom stereocenters. The molecule has 1 fully saturated rings. The maximum Gasteiger partial charge on any atom is 0.162 e. The first kappa shape index (κ1) is 18.6. The van der Waals surface area contributed by atoms with Crippen LogP contribution >= 0.6 is 0 Å². The van der Waals surface area contributed by atoms with Gasteiger partial charge in [-0.3, -0.25) is 4.79 Å². The van der Waals surface area contributed by atoms with E-state index >= 15 is 0 Å². The summed E-state index contributed by atoms with van der Waals surface area (Å²) < 4.78 is 5.18. The minimum Gasteiger partial charge on any atom is -0.497 e. The van der Waals surface area contributed by atoms with Crippen LogP contribution < -0.4 is 4.74 Å². The lowest BCUT2D eigenvalue weighted by Crippen LogP contribution is -2.42. The van der Waals surface area contributed by atoms with Crippen molar-refractivity contribution in [3.05, 3.63) is 65.7 Å². The van der Waals surface area contributed by atoms with Crippen LogP contribution in [0.5, 0.6) is 5.75 Å². The third-order valence-corrected chi connectivity index (χ3v) is 5.28. The van der Waals surface area contributed by atoms with E-state index in [4.69, 9.17) is 4.74 Å². The molecule has 1 aliphatic heterocycles. The second kappa shape index (κ2) is 8.47. The van der Waals surface area contributed by atoms with Crippen LogP contribution in [0, 0.1) is 0 Å². The summed E-state index contributed by atoms with van der Waals surface area (Å²) in [5.74, 6) is 1.01. The lowest BCUT2D eigenvalue weighted by atomic mass is 9.84. The minimum absolute atomic E-state index is 0.206. The number of hydrogen-bond acceptors (Lipinski definition) is 4. The molecule has 3 rings (SSSR count). The van der Waals surface area contributed by atoms with E-state index < -0.39 is 5.60 Å². The third-order valence-electron chi connectivity index (χ3n) is 5.28. The first-order valence-corrected chi connectivity index (χ1v) is 9.28. The van der Waals surface area contributed by atoms with E-state index in [1.165, 1.54) is 0 Å². The number of carbonyl (C=O) groups excluding carboxylic acids is 1. The van der Waals surface area contributed by atoms with Gasteiger partial charge in [-0.25, -0.2) is 0 Å². The number of Topliss-reactive ketones (excluding diaryl/α,β-unsaturated/α-hetero) is 1. The van der Waals surface area contributed by atoms with Crippen LogP contribution in [-0.4, -0.2) is 42.5 Å². The summed E-state index contributed by atoms with van der Waals surface area (Å²) in [6.07, 6.45) is 2.86. The fraction of sp³-hybridized carbons (Fsp3) is 0.409. The Morgan fingerprint density at radius 1 is 1.08 bits per heavy atom. The molecule has 1 heterocycles. The van der Waals surface area contributed by atoms with Gasteiger partial charge in [0.15, 0.2) is 5.78 Å². The Hall–Kier alpha value is -2.17. The number of aliphatic hydroxyl groups is 1. The topological polar surface area (TPSA) is 49.8 Å². The average Bonchev–Trinajstić information content (AvgIpc) is 2.70. The van der Waals surface area contributed by atoms with Gasteiger partial charge >= 0.3 is 0 Å². The van der Waals surface area contributed by atoms with E-state index in [9.17, 15) is 9.90 Å². The highest BCUT2D eigenvalue weighted by Crippen LogP contribution is 2.33. The standard InChI is InChI=1S/C22H27NO3/c1-26-20-11-9-19(10-12-20)22(25)13-16-23(17-14-22)15-5-8-21(24)18-6-3-2-4-7-18/h2-4,6-7,9-12,25H,5,8,13-17H2,1H3. The Labute approximate surface area is 155 Å². The fourth-order valence-corrected chi connectivity index (χ4v) is 3.57. The van der Waals surface area contributed by atoms with Crippen molar-refractivity contribution in [1.82, 2.24) is 4.90 Å². The molecule has 2 aromatic carbocycles. The van der Waals surface area contributed by atoms with Crippen LogP contribution in [0.2, 0.25) is 0 Å². The Kier molecular flexibility index (Phi) is 6.07. The van der Waals surface area contributed by atoms with E-state index in [1.807, 2.05) is 54.6 Å². The van der Waals surface area contributed by atoms with Crippen LogP contribution in [0.1, 0.15) is 41.6 Å². The summed E-state index contributed by atoms with van der Waals surface area (Å²) in [4.78, 5) is 14.5. The summed E-state index contributed by atoms with van der Waals surface area (Å²) >= 11 is 0. The highest BCUT2D eigenvalue weighted by Gasteiger charge is 2.33. The molecular weight excluding hydrogens is 326 g/mol. The molecule has 1 aliphatic rings. The third kappa shape index (κ3) is 4.51. The minimum atomic E-state index is -0.761. The molecule has 0 aromatic heterocycles. The highest BCUT2D eigenvalue weighted by molar-refractivity contribution is 5.95. The Bertz CT molecular complexity index is 704. The van der Waals surface area contributed by atoms with Crippen molar-refractivity contribution in [1.29, 1.82) is 0 Å². The molecule has 138 valence electrons. The molecule has 0 radical (unpaired) electrons. The predicted octanol–water partition coefficient (Wildman–Crippen LogP) is 3.64. The quantitative estimate of drug-likeness (QED) is 0.772. The molecular formula is C22H27NO3. The zero-order chi connectivity index (χ0) is 18.4. The van der Waals surface area contributed by atoms with Gasteiger partial charge in [-0.05, 0) is 43.5 Å². The van der Waals surface area contributed by atoms with Crippen molar-refractivity contribution in [2.24, 2.45) is 0 Å². The maximum absolute atomic E-state index is 12.2. The molecule has 0 aliphatic carbocycles. The molecule has 4 heteroatoms. The highest BCUT2D eigenvalue weighted by atomic mass is 16.5. The lowest BCUT2D eigenvalue weighted by Gasteiger charge is -2.38. The average molecular weight is 353 g/mol. The number of nitrogens with zero attached hydrogens (tertiary/aromatic N) is 1. The number of ether oxygens (including phenoxy) is 1. The molecule has 0 saturated carbocycles. The smallest absolute Gasteiger partial charge is 0.162 e. The zero-order valence-corrected chi connectivity index (χ0v) is 15.4. The molecule has 4 nitrogen and oxygen atoms in total. The molecule has 2 aromatic rings. The normalized spacial score (nSPS) is 17.0. The fourth-order valence-electron chi connectivity index (χ4n) is 3.57. The van der Waals surface area contributed by atoms with Gasteiger partial charge in [-0.2, -0.15) is 0 Å². The zero-order valence-electron chi connectivity index (χ0n) is 15.4. The molecule has 1 saturated heterocycles. The van der Waals surface area contributed by atoms with Gasteiger partial charge < -0.3 is 14.7 Å². The Morgan fingerprint density at radius 2 is 1.73 bits per heavy atom. The monoisotopic (exact) mass is 353 g/mol. The van der Waals surface area contributed by atoms with Crippen LogP contribution in [0.25, 0.3) is 0 Å². The number of carbonyl (C=O) groups is 1. The first-order chi connectivity index (χ1) is 12.6. The van der Waals surface area contributed by atoms with Gasteiger partial charge in [0.1, 0.15) is 5.75 Å². The summed E-state index contributed by atoms with van der Waals surface area (Å²) in [6, 6.07) is 17.2. The number of likely N-dealkylation sites (tertiary alicyclic amines) is 1. The number of piperidine rings is 1. The SMILES string of the molecule is COc1ccc(C2(O)CCN(CCCC(=O)c3ccccc3)CC2)cc1. The molecule has 0 bridgehead atoms. The van der Waals surface area contributed by atoms with E-state index in [-0.39, 0.29) is 5.78 Å². The Morgan fingerprint density at radius 3 is 2.35 bits per heavy atom. The summed E-state index contributed by atoms with van der Waals surface area (Å²) in [5.41, 5.74) is 0.986. The van der Waals surface area contributed by atoms with Crippen molar-refractivity contribution in [3.63, 3.8) is 0 Å². The van der Waals surface area contributed by atoms with Gasteiger partial charge in [-0.15, -0.1) is 0 Å². The van der Waals surface area contributed by atoms with E-state index in [0.717, 1.165) is 42.9 Å². The summed E-state index contributed by atoms with van der Waals surface area (Å²) in [5, 5.41) is 11.0. The number of hydrogen-bond donors (Lipinski definition) is 1. The van der Waals surface area contributed by atoms with Crippen molar-refractivity contribution in [3.8, 4) is 5.75 Å². The molecule has 0 spiro atoms. The van der Waals surface area contributed by atoms with Gasteiger partial charge in [0, 0.05) is 25.1 Å². The molecule has 0 amide bonds. The number of ketones is 1. The van der Waals surface area contributed by atoms with E-state index in [0.29, 0.717) is 19.3 Å². The molecule has 26 heavy (non-hydrogen) atoms. The molecule has 1 N–H and O–H groups in total. The van der Waals surface area contributed by atoms with Gasteiger partial charge in [0.25, 0.3) is 0 Å². The lowest BCUT2D eigenvalue weighted by molar-refractivity contribution is -0.0260. The van der Waals surface area contributed by atoms with Gasteiger partial charge in [0.05, 0.1) is 12.7 Å². The van der Waals surface area contributed by atoms with Crippen LogP contribution in [-0.2, 0) is 5.60 Å². The number of methoxy groups -OCH3 is 1. The predicted molar refractivity (Wildman–Crippen MR) is 103 cm³/mol. The van der Waals surface area contributed by atoms with Gasteiger partial charge in [0.2, 0.25) is 0 Å². The molecule has 0 unspecified atom stereocenters.